The first-order chi connectivity index (χ1) is 11.4. The molecule has 0 bridgehead atoms. The van der Waals surface area contributed by atoms with Crippen LogP contribution in [0.2, 0.25) is 18.1 Å². The molecule has 0 amide bonds. The zero-order chi connectivity index (χ0) is 22.3. The number of hydrogen-bond donors (Lipinski definition) is 2. The van der Waals surface area contributed by atoms with Gasteiger partial charge >= 0.3 is 7.82 Å². The normalized spacial score (nSPS) is 17.7. The van der Waals surface area contributed by atoms with Gasteiger partial charge in [-0.25, -0.2) is 4.57 Å². The van der Waals surface area contributed by atoms with Gasteiger partial charge in [0.05, 0.1) is 12.7 Å². The molecule has 2 unspecified atom stereocenters. The maximum absolute atomic E-state index is 11.3. The van der Waals surface area contributed by atoms with Crippen molar-refractivity contribution in [2.45, 2.75) is 100 Å². The Balaban J connectivity index is 6.19. The monoisotopic (exact) mass is 424 g/mol. The molecule has 0 aliphatic carbocycles. The third-order valence-corrected chi connectivity index (χ3v) is 10.7. The Bertz CT molecular complexity index is 532. The van der Waals surface area contributed by atoms with Gasteiger partial charge in [0, 0.05) is 0 Å². The second-order valence-corrected chi connectivity index (χ2v) is 18.3. The van der Waals surface area contributed by atoms with E-state index < -0.39 is 21.6 Å². The van der Waals surface area contributed by atoms with E-state index in [-0.39, 0.29) is 34.5 Å². The van der Waals surface area contributed by atoms with Crippen molar-refractivity contribution >= 4 is 16.1 Å². The van der Waals surface area contributed by atoms with Gasteiger partial charge in [-0.3, -0.25) is 4.52 Å². The molecule has 0 heterocycles. The van der Waals surface area contributed by atoms with Gasteiger partial charge in [0.25, 0.3) is 0 Å². The van der Waals surface area contributed by atoms with E-state index in [0.717, 1.165) is 0 Å². The van der Waals surface area contributed by atoms with Crippen LogP contribution in [0.25, 0.3) is 0 Å². The van der Waals surface area contributed by atoms with Crippen LogP contribution in [-0.4, -0.2) is 30.8 Å². The topological polar surface area (TPSA) is 76.0 Å². The molecule has 2 N–H and O–H groups in total. The highest BCUT2D eigenvalue weighted by molar-refractivity contribution is 7.46. The van der Waals surface area contributed by atoms with Crippen LogP contribution in [0.1, 0.15) is 76.2 Å². The van der Waals surface area contributed by atoms with E-state index in [9.17, 15) is 14.4 Å². The summed E-state index contributed by atoms with van der Waals surface area (Å²) in [6.07, 6.45) is -0.0752. The van der Waals surface area contributed by atoms with Crippen molar-refractivity contribution < 1.29 is 23.3 Å². The second kappa shape index (κ2) is 8.20. The van der Waals surface area contributed by atoms with Crippen LogP contribution in [0.5, 0.6) is 0 Å². The van der Waals surface area contributed by atoms with Gasteiger partial charge in [0.2, 0.25) is 0 Å². The van der Waals surface area contributed by atoms with E-state index in [1.807, 2.05) is 13.8 Å². The molecule has 0 radical (unpaired) electrons. The molecule has 0 aromatic rings. The molecule has 164 valence electrons. The van der Waals surface area contributed by atoms with Crippen molar-refractivity contribution in [2.75, 3.05) is 6.61 Å². The van der Waals surface area contributed by atoms with Gasteiger partial charge in [-0.2, -0.15) is 0 Å². The quantitative estimate of drug-likeness (QED) is 0.375. The van der Waals surface area contributed by atoms with Gasteiger partial charge in [0.15, 0.2) is 8.32 Å². The highest BCUT2D eigenvalue weighted by Gasteiger charge is 2.51. The minimum atomic E-state index is -4.52. The molecule has 0 aliphatic heterocycles. The van der Waals surface area contributed by atoms with Gasteiger partial charge < -0.3 is 14.2 Å². The predicted molar refractivity (Wildman–Crippen MR) is 116 cm³/mol. The van der Waals surface area contributed by atoms with E-state index in [2.05, 4.69) is 75.4 Å². The van der Waals surface area contributed by atoms with Crippen LogP contribution in [0.3, 0.4) is 0 Å². The Morgan fingerprint density at radius 2 is 1.26 bits per heavy atom. The molecule has 2 atom stereocenters. The highest BCUT2D eigenvalue weighted by Crippen LogP contribution is 2.52. The summed E-state index contributed by atoms with van der Waals surface area (Å²) in [5, 5.41) is 0.0749. The lowest BCUT2D eigenvalue weighted by Crippen LogP contribution is -2.56. The van der Waals surface area contributed by atoms with Gasteiger partial charge in [-0.05, 0) is 40.3 Å². The number of phosphoric ester groups is 1. The smallest absolute Gasteiger partial charge is 0.413 e. The molecule has 0 saturated heterocycles. The van der Waals surface area contributed by atoms with Crippen LogP contribution in [-0.2, 0) is 13.5 Å². The van der Waals surface area contributed by atoms with Crippen LogP contribution >= 0.6 is 7.82 Å². The molecule has 0 fully saturated rings. The highest BCUT2D eigenvalue weighted by atomic mass is 31.2. The summed E-state index contributed by atoms with van der Waals surface area (Å²) in [7, 11) is -6.58. The molecule has 0 saturated carbocycles. The minimum absolute atomic E-state index is 0.0212. The zero-order valence-corrected chi connectivity index (χ0v) is 21.8. The molecule has 0 aromatic heterocycles. The van der Waals surface area contributed by atoms with Gasteiger partial charge in [-0.15, -0.1) is 0 Å². The largest absolute Gasteiger partial charge is 0.469 e. The summed E-state index contributed by atoms with van der Waals surface area (Å²) in [5.74, 6) is 0.0330. The molecule has 0 spiro atoms. The van der Waals surface area contributed by atoms with Crippen molar-refractivity contribution in [3.63, 3.8) is 0 Å². The Morgan fingerprint density at radius 1 is 0.852 bits per heavy atom. The summed E-state index contributed by atoms with van der Waals surface area (Å²) in [6.45, 7) is 28.3. The first-order valence-electron chi connectivity index (χ1n) is 9.80. The fourth-order valence-electron chi connectivity index (χ4n) is 3.62. The number of rotatable bonds is 7. The van der Waals surface area contributed by atoms with Crippen LogP contribution < -0.4 is 0 Å². The van der Waals surface area contributed by atoms with E-state index in [1.54, 1.807) is 0 Å². The summed E-state index contributed by atoms with van der Waals surface area (Å²) >= 11 is 0. The SMILES string of the molecule is CC(C)(C)C(O[Si](C)(C)C(C)(C)C)C(C(C)(C)C)C(C)(C)COP(=O)(O)O. The van der Waals surface area contributed by atoms with Crippen LogP contribution in [0.4, 0.5) is 0 Å². The van der Waals surface area contributed by atoms with Crippen molar-refractivity contribution in [3.05, 3.63) is 0 Å². The van der Waals surface area contributed by atoms with E-state index >= 15 is 0 Å². The van der Waals surface area contributed by atoms with E-state index in [4.69, 9.17) is 8.95 Å². The molecule has 7 heteroatoms. The lowest BCUT2D eigenvalue weighted by atomic mass is 9.59. The Morgan fingerprint density at radius 3 is 1.52 bits per heavy atom. The molecule has 5 nitrogen and oxygen atoms in total. The molecule has 0 aliphatic rings. The molecule has 0 rings (SSSR count). The Labute approximate surface area is 169 Å². The fourth-order valence-corrected chi connectivity index (χ4v) is 5.59. The maximum atomic E-state index is 11.3. The van der Waals surface area contributed by atoms with Crippen molar-refractivity contribution in [2.24, 2.45) is 22.2 Å². The third-order valence-electron chi connectivity index (χ3n) is 5.76. The molecule has 27 heavy (non-hydrogen) atoms. The van der Waals surface area contributed by atoms with E-state index in [1.165, 1.54) is 0 Å². The van der Waals surface area contributed by atoms with Crippen LogP contribution in [0, 0.1) is 22.2 Å². The minimum Gasteiger partial charge on any atom is -0.413 e. The molecular formula is C20H45O5PSi. The van der Waals surface area contributed by atoms with Crippen molar-refractivity contribution in [1.82, 2.24) is 0 Å². The second-order valence-electron chi connectivity index (χ2n) is 12.3. The first kappa shape index (κ1) is 27.3. The summed E-state index contributed by atoms with van der Waals surface area (Å²) < 4.78 is 23.2. The maximum Gasteiger partial charge on any atom is 0.469 e. The summed E-state index contributed by atoms with van der Waals surface area (Å²) in [5.41, 5.74) is -0.755. The predicted octanol–water partition coefficient (Wildman–Crippen LogP) is 6.22. The first-order valence-corrected chi connectivity index (χ1v) is 14.2. The summed E-state index contributed by atoms with van der Waals surface area (Å²) in [4.78, 5) is 18.4. The average molecular weight is 425 g/mol. The van der Waals surface area contributed by atoms with Crippen molar-refractivity contribution in [3.8, 4) is 0 Å². The number of hydrogen-bond acceptors (Lipinski definition) is 3. The Kier molecular flexibility index (Phi) is 8.28. The molecular weight excluding hydrogens is 379 g/mol. The Hall–Kier alpha value is 0.287. The zero-order valence-electron chi connectivity index (χ0n) is 19.9. The third kappa shape index (κ3) is 8.28. The van der Waals surface area contributed by atoms with Gasteiger partial charge in [0.1, 0.15) is 0 Å². The lowest BCUT2D eigenvalue weighted by Gasteiger charge is -2.54. The average Bonchev–Trinajstić information content (AvgIpc) is 2.30. The molecule has 0 aromatic carbocycles. The number of phosphoric acid groups is 1. The van der Waals surface area contributed by atoms with E-state index in [0.29, 0.717) is 0 Å². The fraction of sp³-hybridized carbons (Fsp3) is 1.00. The summed E-state index contributed by atoms with van der Waals surface area (Å²) in [6, 6.07) is 0. The van der Waals surface area contributed by atoms with Crippen molar-refractivity contribution in [1.29, 1.82) is 0 Å². The van der Waals surface area contributed by atoms with Crippen LogP contribution in [0.15, 0.2) is 0 Å². The lowest BCUT2D eigenvalue weighted by molar-refractivity contribution is -0.0907. The standard InChI is InChI=1S/C20H45O5PSi/c1-17(2,3)15(20(10,11)14-24-26(21,22)23)16(18(4,5)6)25-27(12,13)19(7,8)9/h15-16H,14H2,1-13H3,(H2,21,22,23). The van der Waals surface area contributed by atoms with Gasteiger partial charge in [-0.1, -0.05) is 76.2 Å².